The Labute approximate surface area is 129 Å². The first-order valence-electron chi connectivity index (χ1n) is 6.80. The van der Waals surface area contributed by atoms with Crippen LogP contribution in [0.15, 0.2) is 18.2 Å². The Morgan fingerprint density at radius 1 is 1.36 bits per heavy atom. The molecule has 1 amide bonds. The highest BCUT2D eigenvalue weighted by atomic mass is 16.6. The highest BCUT2D eigenvalue weighted by Gasteiger charge is 2.24. The van der Waals surface area contributed by atoms with Crippen molar-refractivity contribution >= 4 is 17.7 Å². The van der Waals surface area contributed by atoms with E-state index in [4.69, 9.17) is 20.3 Å². The number of nitrogen functional groups attached to an aromatic ring is 1. The summed E-state index contributed by atoms with van der Waals surface area (Å²) < 4.78 is 10.4. The second kappa shape index (κ2) is 7.02. The first-order chi connectivity index (χ1) is 10.1. The molecule has 0 aliphatic heterocycles. The largest absolute Gasteiger partial charge is 0.489 e. The Balaban J connectivity index is 2.65. The van der Waals surface area contributed by atoms with Crippen LogP contribution in [0.5, 0.6) is 5.75 Å². The number of hydrogen-bond donors (Lipinski definition) is 3. The van der Waals surface area contributed by atoms with Gasteiger partial charge in [0.2, 0.25) is 0 Å². The summed E-state index contributed by atoms with van der Waals surface area (Å²) >= 11 is 0. The number of carbonyl (C=O) groups is 2. The predicted octanol–water partition coefficient (Wildman–Crippen LogP) is 1.93. The molecule has 0 saturated heterocycles. The summed E-state index contributed by atoms with van der Waals surface area (Å²) in [6, 6.07) is 3.92. The Hall–Kier alpha value is -2.44. The van der Waals surface area contributed by atoms with Crippen LogP contribution in [0.1, 0.15) is 26.3 Å². The third-order valence-corrected chi connectivity index (χ3v) is 2.56. The molecule has 0 unspecified atom stereocenters. The van der Waals surface area contributed by atoms with Gasteiger partial charge in [-0.2, -0.15) is 0 Å². The first kappa shape index (κ1) is 17.6. The number of carboxylic acids is 1. The lowest BCUT2D eigenvalue weighted by atomic mass is 10.2. The summed E-state index contributed by atoms with van der Waals surface area (Å²) in [5.74, 6) is -0.862. The Morgan fingerprint density at radius 3 is 2.50 bits per heavy atom. The maximum Gasteiger partial charge on any atom is 0.408 e. The van der Waals surface area contributed by atoms with Crippen LogP contribution < -0.4 is 15.8 Å². The van der Waals surface area contributed by atoms with Crippen molar-refractivity contribution in [2.24, 2.45) is 0 Å². The summed E-state index contributed by atoms with van der Waals surface area (Å²) in [6.45, 7) is 6.68. The van der Waals surface area contributed by atoms with E-state index >= 15 is 0 Å². The molecule has 0 heterocycles. The van der Waals surface area contributed by atoms with E-state index in [1.165, 1.54) is 0 Å². The number of aliphatic carboxylic acids is 1. The Morgan fingerprint density at radius 2 is 2.00 bits per heavy atom. The molecule has 0 radical (unpaired) electrons. The average Bonchev–Trinajstić information content (AvgIpc) is 2.33. The second-order valence-electron chi connectivity index (χ2n) is 5.89. The maximum absolute atomic E-state index is 11.6. The number of nitrogens with two attached hydrogens (primary N) is 1. The fourth-order valence-corrected chi connectivity index (χ4v) is 1.60. The van der Waals surface area contributed by atoms with Gasteiger partial charge in [0, 0.05) is 0 Å². The van der Waals surface area contributed by atoms with Gasteiger partial charge >= 0.3 is 12.1 Å². The van der Waals surface area contributed by atoms with E-state index in [0.717, 1.165) is 5.56 Å². The molecule has 1 aromatic carbocycles. The normalized spacial score (nSPS) is 12.4. The smallest absolute Gasteiger partial charge is 0.408 e. The Kier molecular flexibility index (Phi) is 5.62. The fourth-order valence-electron chi connectivity index (χ4n) is 1.60. The molecule has 22 heavy (non-hydrogen) atoms. The van der Waals surface area contributed by atoms with E-state index in [1.54, 1.807) is 39.0 Å². The molecular weight excluding hydrogens is 288 g/mol. The zero-order valence-electron chi connectivity index (χ0n) is 13.2. The number of anilines is 1. The molecule has 0 aliphatic rings. The van der Waals surface area contributed by atoms with Gasteiger partial charge in [0.15, 0.2) is 6.04 Å². The van der Waals surface area contributed by atoms with Crippen molar-refractivity contribution in [3.05, 3.63) is 23.8 Å². The van der Waals surface area contributed by atoms with Gasteiger partial charge in [-0.15, -0.1) is 0 Å². The molecule has 4 N–H and O–H groups in total. The van der Waals surface area contributed by atoms with Crippen LogP contribution >= 0.6 is 0 Å². The van der Waals surface area contributed by atoms with Gasteiger partial charge in [-0.1, -0.05) is 6.07 Å². The molecule has 0 aliphatic carbocycles. The maximum atomic E-state index is 11.6. The van der Waals surface area contributed by atoms with Crippen molar-refractivity contribution in [3.8, 4) is 5.75 Å². The van der Waals surface area contributed by atoms with Crippen LogP contribution in [-0.2, 0) is 9.53 Å². The number of rotatable bonds is 5. The zero-order chi connectivity index (χ0) is 16.9. The molecular formula is C15H22N2O5. The number of amides is 1. The van der Waals surface area contributed by atoms with Gasteiger partial charge in [0.05, 0.1) is 5.69 Å². The van der Waals surface area contributed by atoms with Gasteiger partial charge in [-0.05, 0) is 45.4 Å². The minimum Gasteiger partial charge on any atom is -0.489 e. The molecule has 7 nitrogen and oxygen atoms in total. The van der Waals surface area contributed by atoms with E-state index in [-0.39, 0.29) is 6.61 Å². The summed E-state index contributed by atoms with van der Waals surface area (Å²) in [7, 11) is 0. The van der Waals surface area contributed by atoms with E-state index < -0.39 is 23.7 Å². The van der Waals surface area contributed by atoms with Crippen molar-refractivity contribution < 1.29 is 24.2 Å². The standard InChI is InChI=1S/C15H22N2O5/c1-9-5-6-12(10(16)7-9)21-8-11(13(18)19)17-14(20)22-15(2,3)4/h5-7,11H,8,16H2,1-4H3,(H,17,20)(H,18,19)/t11-/m0/s1. The molecule has 0 aromatic heterocycles. The molecule has 1 aromatic rings. The van der Waals surface area contributed by atoms with Crippen molar-refractivity contribution in [3.63, 3.8) is 0 Å². The lowest BCUT2D eigenvalue weighted by molar-refractivity contribution is -0.140. The third kappa shape index (κ3) is 5.90. The zero-order valence-corrected chi connectivity index (χ0v) is 13.2. The number of carboxylic acid groups (broad SMARTS) is 1. The van der Waals surface area contributed by atoms with E-state index in [1.807, 2.05) is 6.92 Å². The van der Waals surface area contributed by atoms with E-state index in [9.17, 15) is 9.59 Å². The topological polar surface area (TPSA) is 111 Å². The SMILES string of the molecule is Cc1ccc(OC[C@H](NC(=O)OC(C)(C)C)C(=O)O)c(N)c1. The van der Waals surface area contributed by atoms with Crippen LogP contribution in [0.4, 0.5) is 10.5 Å². The third-order valence-electron chi connectivity index (χ3n) is 2.56. The number of hydrogen-bond acceptors (Lipinski definition) is 5. The molecule has 0 spiro atoms. The summed E-state index contributed by atoms with van der Waals surface area (Å²) in [5, 5.41) is 11.4. The minimum absolute atomic E-state index is 0.262. The minimum atomic E-state index is -1.24. The molecule has 0 fully saturated rings. The lowest BCUT2D eigenvalue weighted by Gasteiger charge is -2.22. The first-order valence-corrected chi connectivity index (χ1v) is 6.80. The van der Waals surface area contributed by atoms with Crippen LogP contribution in [0, 0.1) is 6.92 Å². The summed E-state index contributed by atoms with van der Waals surface area (Å²) in [5.41, 5.74) is 6.44. The van der Waals surface area contributed by atoms with Crippen LogP contribution in [0.3, 0.4) is 0 Å². The number of benzene rings is 1. The van der Waals surface area contributed by atoms with Crippen LogP contribution in [-0.4, -0.2) is 35.4 Å². The average molecular weight is 310 g/mol. The Bertz CT molecular complexity index is 551. The van der Waals surface area contributed by atoms with Gasteiger partial charge in [-0.3, -0.25) is 0 Å². The molecule has 7 heteroatoms. The van der Waals surface area contributed by atoms with Crippen molar-refractivity contribution in [2.75, 3.05) is 12.3 Å². The molecule has 0 saturated carbocycles. The van der Waals surface area contributed by atoms with E-state index in [2.05, 4.69) is 5.32 Å². The van der Waals surface area contributed by atoms with Gasteiger partial charge in [0.1, 0.15) is 18.0 Å². The van der Waals surface area contributed by atoms with Crippen LogP contribution in [0.25, 0.3) is 0 Å². The van der Waals surface area contributed by atoms with Gasteiger partial charge < -0.3 is 25.6 Å². The van der Waals surface area contributed by atoms with Crippen molar-refractivity contribution in [2.45, 2.75) is 39.3 Å². The van der Waals surface area contributed by atoms with Gasteiger partial charge in [0.25, 0.3) is 0 Å². The monoisotopic (exact) mass is 310 g/mol. The number of alkyl carbamates (subject to hydrolysis) is 1. The number of aryl methyl sites for hydroxylation is 1. The lowest BCUT2D eigenvalue weighted by Crippen LogP contribution is -2.46. The second-order valence-corrected chi connectivity index (χ2v) is 5.89. The molecule has 1 rings (SSSR count). The number of nitrogens with one attached hydrogen (secondary N) is 1. The van der Waals surface area contributed by atoms with Gasteiger partial charge in [-0.25, -0.2) is 9.59 Å². The van der Waals surface area contributed by atoms with Crippen LogP contribution in [0.2, 0.25) is 0 Å². The molecule has 122 valence electrons. The highest BCUT2D eigenvalue weighted by Crippen LogP contribution is 2.22. The summed E-state index contributed by atoms with van der Waals surface area (Å²) in [4.78, 5) is 22.8. The molecule has 1 atom stereocenters. The highest BCUT2D eigenvalue weighted by molar-refractivity contribution is 5.80. The number of carbonyl (C=O) groups excluding carboxylic acids is 1. The summed E-state index contributed by atoms with van der Waals surface area (Å²) in [6.07, 6.45) is -0.819. The molecule has 0 bridgehead atoms. The predicted molar refractivity (Wildman–Crippen MR) is 81.9 cm³/mol. The van der Waals surface area contributed by atoms with Crippen molar-refractivity contribution in [1.82, 2.24) is 5.32 Å². The fraction of sp³-hybridized carbons (Fsp3) is 0.467. The quantitative estimate of drug-likeness (QED) is 0.717. The number of ether oxygens (including phenoxy) is 2. The van der Waals surface area contributed by atoms with Crippen molar-refractivity contribution in [1.29, 1.82) is 0 Å². The van der Waals surface area contributed by atoms with E-state index in [0.29, 0.717) is 11.4 Å².